The Kier molecular flexibility index (Phi) is 5.09. The van der Waals surface area contributed by atoms with E-state index in [1.54, 1.807) is 7.11 Å². The highest BCUT2D eigenvalue weighted by Crippen LogP contribution is 2.30. The number of hydrogen-bond donors (Lipinski definition) is 1. The van der Waals surface area contributed by atoms with Crippen molar-refractivity contribution < 1.29 is 9.53 Å². The van der Waals surface area contributed by atoms with Gasteiger partial charge in [0.1, 0.15) is 5.75 Å². The average Bonchev–Trinajstić information content (AvgIpc) is 2.62. The lowest BCUT2D eigenvalue weighted by Crippen LogP contribution is -2.45. The number of carbonyl (C=O) groups is 1. The number of ether oxygens (including phenoxy) is 1. The molecule has 2 aromatic rings. The van der Waals surface area contributed by atoms with Crippen LogP contribution in [0, 0.1) is 13.8 Å². The molecule has 0 aromatic heterocycles. The summed E-state index contributed by atoms with van der Waals surface area (Å²) >= 11 is 0. The first-order chi connectivity index (χ1) is 12.0. The summed E-state index contributed by atoms with van der Waals surface area (Å²) in [4.78, 5) is 14.7. The van der Waals surface area contributed by atoms with E-state index in [1.807, 2.05) is 42.2 Å². The fourth-order valence-corrected chi connectivity index (χ4v) is 3.52. The van der Waals surface area contributed by atoms with Crippen LogP contribution in [0.1, 0.15) is 34.3 Å². The van der Waals surface area contributed by atoms with E-state index in [4.69, 9.17) is 10.5 Å². The summed E-state index contributed by atoms with van der Waals surface area (Å²) in [6, 6.07) is 12.1. The van der Waals surface area contributed by atoms with Crippen LogP contribution in [0.5, 0.6) is 5.75 Å². The fourth-order valence-electron chi connectivity index (χ4n) is 3.52. The van der Waals surface area contributed by atoms with Crippen molar-refractivity contribution in [3.8, 4) is 16.9 Å². The van der Waals surface area contributed by atoms with Gasteiger partial charge >= 0.3 is 0 Å². The van der Waals surface area contributed by atoms with E-state index in [1.165, 1.54) is 0 Å². The van der Waals surface area contributed by atoms with Gasteiger partial charge in [0.25, 0.3) is 5.91 Å². The maximum absolute atomic E-state index is 12.8. The first kappa shape index (κ1) is 17.5. The third-order valence-electron chi connectivity index (χ3n) is 4.91. The normalized spacial score (nSPS) is 17.4. The Morgan fingerprint density at radius 1 is 1.20 bits per heavy atom. The molecule has 2 aromatic carbocycles. The SMILES string of the molecule is COc1cc(C)c(-c2cccc(C(=O)N3CCC[C@@H](N)C3)c2)cc1C. The standard InChI is InChI=1S/C21H26N2O2/c1-14-11-20(25-3)15(2)10-19(14)16-6-4-7-17(12-16)21(24)23-9-5-8-18(22)13-23/h4,6-7,10-12,18H,5,8-9,13,22H2,1-3H3/t18-/m1/s1. The Bertz CT molecular complexity index is 785. The summed E-state index contributed by atoms with van der Waals surface area (Å²) < 4.78 is 5.40. The van der Waals surface area contributed by atoms with Crippen molar-refractivity contribution in [2.45, 2.75) is 32.7 Å². The number of carbonyl (C=O) groups excluding carboxylic acids is 1. The topological polar surface area (TPSA) is 55.6 Å². The fraction of sp³-hybridized carbons (Fsp3) is 0.381. The molecule has 1 fully saturated rings. The lowest BCUT2D eigenvalue weighted by molar-refractivity contribution is 0.0709. The first-order valence-corrected chi connectivity index (χ1v) is 8.80. The second-order valence-corrected chi connectivity index (χ2v) is 6.87. The van der Waals surface area contributed by atoms with Gasteiger partial charge in [-0.15, -0.1) is 0 Å². The molecule has 1 atom stereocenters. The van der Waals surface area contributed by atoms with Gasteiger partial charge in [-0.2, -0.15) is 0 Å². The monoisotopic (exact) mass is 338 g/mol. The number of amides is 1. The van der Waals surface area contributed by atoms with Crippen molar-refractivity contribution in [2.75, 3.05) is 20.2 Å². The van der Waals surface area contributed by atoms with Gasteiger partial charge in [0.2, 0.25) is 0 Å². The van der Waals surface area contributed by atoms with Gasteiger partial charge in [-0.25, -0.2) is 0 Å². The number of nitrogens with zero attached hydrogens (tertiary/aromatic N) is 1. The Morgan fingerprint density at radius 3 is 2.72 bits per heavy atom. The number of benzene rings is 2. The Labute approximate surface area is 149 Å². The lowest BCUT2D eigenvalue weighted by Gasteiger charge is -2.31. The number of piperidine rings is 1. The van der Waals surface area contributed by atoms with Crippen LogP contribution < -0.4 is 10.5 Å². The van der Waals surface area contributed by atoms with Crippen LogP contribution in [-0.2, 0) is 0 Å². The zero-order valence-electron chi connectivity index (χ0n) is 15.2. The van der Waals surface area contributed by atoms with E-state index in [-0.39, 0.29) is 11.9 Å². The molecule has 0 radical (unpaired) electrons. The van der Waals surface area contributed by atoms with Crippen LogP contribution in [0.3, 0.4) is 0 Å². The molecule has 3 rings (SSSR count). The predicted molar refractivity (Wildman–Crippen MR) is 101 cm³/mol. The Balaban J connectivity index is 1.92. The third kappa shape index (κ3) is 3.69. The van der Waals surface area contributed by atoms with Gasteiger partial charge in [-0.05, 0) is 73.2 Å². The minimum absolute atomic E-state index is 0.0693. The summed E-state index contributed by atoms with van der Waals surface area (Å²) in [5, 5.41) is 0. The van der Waals surface area contributed by atoms with Crippen LogP contribution in [0.25, 0.3) is 11.1 Å². The molecule has 0 aliphatic carbocycles. The van der Waals surface area contributed by atoms with Crippen LogP contribution in [-0.4, -0.2) is 37.0 Å². The minimum atomic E-state index is 0.0693. The maximum atomic E-state index is 12.8. The second kappa shape index (κ2) is 7.28. The number of likely N-dealkylation sites (tertiary alicyclic amines) is 1. The summed E-state index contributed by atoms with van der Waals surface area (Å²) in [6.07, 6.45) is 1.97. The largest absolute Gasteiger partial charge is 0.496 e. The van der Waals surface area contributed by atoms with Crippen molar-refractivity contribution in [1.29, 1.82) is 0 Å². The molecule has 1 aliphatic heterocycles. The van der Waals surface area contributed by atoms with E-state index in [2.05, 4.69) is 13.0 Å². The van der Waals surface area contributed by atoms with Crippen molar-refractivity contribution in [3.05, 3.63) is 53.1 Å². The molecule has 0 saturated carbocycles. The maximum Gasteiger partial charge on any atom is 0.253 e. The third-order valence-corrected chi connectivity index (χ3v) is 4.91. The number of aryl methyl sites for hydroxylation is 2. The van der Waals surface area contributed by atoms with Crippen LogP contribution in [0.15, 0.2) is 36.4 Å². The zero-order valence-corrected chi connectivity index (χ0v) is 15.2. The summed E-state index contributed by atoms with van der Waals surface area (Å²) in [7, 11) is 1.68. The predicted octanol–water partition coefficient (Wildman–Crippen LogP) is 3.54. The van der Waals surface area contributed by atoms with Gasteiger partial charge in [0, 0.05) is 24.7 Å². The smallest absolute Gasteiger partial charge is 0.253 e. The molecule has 4 nitrogen and oxygen atoms in total. The van der Waals surface area contributed by atoms with Crippen molar-refractivity contribution in [1.82, 2.24) is 4.90 Å². The van der Waals surface area contributed by atoms with Crippen LogP contribution >= 0.6 is 0 Å². The molecular formula is C21H26N2O2. The van der Waals surface area contributed by atoms with Crippen molar-refractivity contribution in [2.24, 2.45) is 5.73 Å². The molecule has 132 valence electrons. The number of methoxy groups -OCH3 is 1. The highest BCUT2D eigenvalue weighted by atomic mass is 16.5. The lowest BCUT2D eigenvalue weighted by atomic mass is 9.96. The molecule has 0 unspecified atom stereocenters. The summed E-state index contributed by atoms with van der Waals surface area (Å²) in [5.74, 6) is 0.954. The van der Waals surface area contributed by atoms with E-state index >= 15 is 0 Å². The van der Waals surface area contributed by atoms with Gasteiger partial charge in [-0.1, -0.05) is 12.1 Å². The molecule has 1 aliphatic rings. The van der Waals surface area contributed by atoms with Gasteiger partial charge in [0.05, 0.1) is 7.11 Å². The molecular weight excluding hydrogens is 312 g/mol. The highest BCUT2D eigenvalue weighted by molar-refractivity contribution is 5.95. The summed E-state index contributed by atoms with van der Waals surface area (Å²) in [6.45, 7) is 5.53. The Hall–Kier alpha value is -2.33. The molecule has 1 amide bonds. The molecule has 25 heavy (non-hydrogen) atoms. The number of hydrogen-bond acceptors (Lipinski definition) is 3. The molecule has 1 heterocycles. The minimum Gasteiger partial charge on any atom is -0.496 e. The summed E-state index contributed by atoms with van der Waals surface area (Å²) in [5.41, 5.74) is 11.1. The van der Waals surface area contributed by atoms with Crippen LogP contribution in [0.2, 0.25) is 0 Å². The zero-order chi connectivity index (χ0) is 18.0. The van der Waals surface area contributed by atoms with Gasteiger partial charge in [0.15, 0.2) is 0 Å². The first-order valence-electron chi connectivity index (χ1n) is 8.80. The average molecular weight is 338 g/mol. The van der Waals surface area contributed by atoms with Crippen molar-refractivity contribution >= 4 is 5.91 Å². The molecule has 2 N–H and O–H groups in total. The molecule has 0 bridgehead atoms. The van der Waals surface area contributed by atoms with E-state index < -0.39 is 0 Å². The van der Waals surface area contributed by atoms with E-state index in [0.29, 0.717) is 6.54 Å². The highest BCUT2D eigenvalue weighted by Gasteiger charge is 2.22. The van der Waals surface area contributed by atoms with Gasteiger partial charge < -0.3 is 15.4 Å². The van der Waals surface area contributed by atoms with Crippen molar-refractivity contribution in [3.63, 3.8) is 0 Å². The quantitative estimate of drug-likeness (QED) is 0.931. The number of nitrogens with two attached hydrogens (primary N) is 1. The van der Waals surface area contributed by atoms with Crippen LogP contribution in [0.4, 0.5) is 0 Å². The molecule has 0 spiro atoms. The molecule has 1 saturated heterocycles. The number of rotatable bonds is 3. The van der Waals surface area contributed by atoms with E-state index in [0.717, 1.165) is 53.0 Å². The Morgan fingerprint density at radius 2 is 2.00 bits per heavy atom. The molecule has 4 heteroatoms. The second-order valence-electron chi connectivity index (χ2n) is 6.87. The van der Waals surface area contributed by atoms with Gasteiger partial charge in [-0.3, -0.25) is 4.79 Å². The van der Waals surface area contributed by atoms with E-state index in [9.17, 15) is 4.79 Å².